The summed E-state index contributed by atoms with van der Waals surface area (Å²) in [4.78, 5) is 8.30. The lowest BCUT2D eigenvalue weighted by Crippen LogP contribution is -2.03. The van der Waals surface area contributed by atoms with E-state index < -0.39 is 0 Å². The zero-order chi connectivity index (χ0) is 14.0. The number of halogens is 1. The summed E-state index contributed by atoms with van der Waals surface area (Å²) in [5, 5.41) is 7.66. The van der Waals surface area contributed by atoms with E-state index in [0.29, 0.717) is 22.6 Å². The number of nitrogens with zero attached hydrogens (tertiary/aromatic N) is 4. The summed E-state index contributed by atoms with van der Waals surface area (Å²) in [7, 11) is 1.86. The van der Waals surface area contributed by atoms with Crippen molar-refractivity contribution in [3.8, 4) is 11.6 Å². The van der Waals surface area contributed by atoms with Gasteiger partial charge in [0.1, 0.15) is 10.7 Å². The standard InChI is InChI=1S/C12H16ClN5O/c1-5-14-12-15-6-9(13)11(16-12)19-10-7(2)17-18(4)8(10)3/h6H,5H2,1-4H3,(H,14,15,16). The third-order valence-corrected chi connectivity index (χ3v) is 2.95. The van der Waals surface area contributed by atoms with Gasteiger partial charge in [-0.3, -0.25) is 4.68 Å². The molecular weight excluding hydrogens is 266 g/mol. The molecule has 1 N–H and O–H groups in total. The molecule has 0 spiro atoms. The van der Waals surface area contributed by atoms with E-state index in [1.165, 1.54) is 6.20 Å². The molecule has 102 valence electrons. The van der Waals surface area contributed by atoms with Gasteiger partial charge in [-0.25, -0.2) is 4.98 Å². The Morgan fingerprint density at radius 1 is 1.42 bits per heavy atom. The molecule has 7 heteroatoms. The number of hydrogen-bond acceptors (Lipinski definition) is 5. The monoisotopic (exact) mass is 281 g/mol. The van der Waals surface area contributed by atoms with Crippen molar-refractivity contribution in [2.24, 2.45) is 7.05 Å². The summed E-state index contributed by atoms with van der Waals surface area (Å²) in [6.07, 6.45) is 1.52. The molecule has 0 aliphatic rings. The molecule has 0 fully saturated rings. The van der Waals surface area contributed by atoms with Gasteiger partial charge < -0.3 is 10.1 Å². The van der Waals surface area contributed by atoms with E-state index in [-0.39, 0.29) is 0 Å². The van der Waals surface area contributed by atoms with Crippen molar-refractivity contribution in [2.75, 3.05) is 11.9 Å². The first kappa shape index (κ1) is 13.6. The van der Waals surface area contributed by atoms with E-state index >= 15 is 0 Å². The van der Waals surface area contributed by atoms with Gasteiger partial charge in [-0.2, -0.15) is 10.1 Å². The number of ether oxygens (including phenoxy) is 1. The van der Waals surface area contributed by atoms with Crippen LogP contribution in [-0.2, 0) is 7.05 Å². The minimum Gasteiger partial charge on any atom is -0.433 e. The summed E-state index contributed by atoms with van der Waals surface area (Å²) >= 11 is 6.05. The first-order valence-electron chi connectivity index (χ1n) is 5.97. The van der Waals surface area contributed by atoms with Crippen molar-refractivity contribution < 1.29 is 4.74 Å². The van der Waals surface area contributed by atoms with E-state index in [2.05, 4.69) is 20.4 Å². The van der Waals surface area contributed by atoms with Crippen LogP contribution < -0.4 is 10.1 Å². The van der Waals surface area contributed by atoms with Crippen LogP contribution in [0.5, 0.6) is 11.6 Å². The molecule has 0 saturated heterocycles. The van der Waals surface area contributed by atoms with Crippen molar-refractivity contribution in [1.82, 2.24) is 19.7 Å². The highest BCUT2D eigenvalue weighted by atomic mass is 35.5. The second-order valence-corrected chi connectivity index (χ2v) is 4.51. The fourth-order valence-electron chi connectivity index (χ4n) is 1.66. The zero-order valence-electron chi connectivity index (χ0n) is 11.4. The molecule has 0 saturated carbocycles. The molecule has 0 unspecified atom stereocenters. The average molecular weight is 282 g/mol. The van der Waals surface area contributed by atoms with Gasteiger partial charge in [-0.05, 0) is 20.8 Å². The maximum Gasteiger partial charge on any atom is 0.243 e. The second-order valence-electron chi connectivity index (χ2n) is 4.10. The number of aromatic nitrogens is 4. The molecule has 19 heavy (non-hydrogen) atoms. The lowest BCUT2D eigenvalue weighted by Gasteiger charge is -2.08. The van der Waals surface area contributed by atoms with E-state index in [0.717, 1.165) is 17.9 Å². The summed E-state index contributed by atoms with van der Waals surface area (Å²) in [5.74, 6) is 1.48. The van der Waals surface area contributed by atoms with Gasteiger partial charge in [0.15, 0.2) is 5.75 Å². The molecule has 0 aliphatic carbocycles. The van der Waals surface area contributed by atoms with Gasteiger partial charge in [-0.1, -0.05) is 11.6 Å². The van der Waals surface area contributed by atoms with Gasteiger partial charge in [0.2, 0.25) is 11.8 Å². The highest BCUT2D eigenvalue weighted by Crippen LogP contribution is 2.31. The van der Waals surface area contributed by atoms with Crippen LogP contribution >= 0.6 is 11.6 Å². The van der Waals surface area contributed by atoms with Crippen LogP contribution in [0.25, 0.3) is 0 Å². The fourth-order valence-corrected chi connectivity index (χ4v) is 1.79. The quantitative estimate of drug-likeness (QED) is 0.933. The van der Waals surface area contributed by atoms with E-state index in [1.54, 1.807) is 4.68 Å². The topological polar surface area (TPSA) is 64.9 Å². The van der Waals surface area contributed by atoms with Crippen LogP contribution in [0.15, 0.2) is 6.20 Å². The predicted octanol–water partition coefficient (Wildman–Crippen LogP) is 2.70. The smallest absolute Gasteiger partial charge is 0.243 e. The molecule has 2 heterocycles. The van der Waals surface area contributed by atoms with Gasteiger partial charge in [0.05, 0.1) is 11.9 Å². The predicted molar refractivity (Wildman–Crippen MR) is 74.0 cm³/mol. The SMILES string of the molecule is CCNc1ncc(Cl)c(Oc2c(C)nn(C)c2C)n1. The Morgan fingerprint density at radius 3 is 2.74 bits per heavy atom. The molecule has 0 aliphatic heterocycles. The summed E-state index contributed by atoms with van der Waals surface area (Å²) in [5.41, 5.74) is 1.71. The molecule has 0 amide bonds. The molecule has 0 atom stereocenters. The average Bonchev–Trinajstić information content (AvgIpc) is 2.60. The van der Waals surface area contributed by atoms with Crippen molar-refractivity contribution in [1.29, 1.82) is 0 Å². The number of aryl methyl sites for hydroxylation is 2. The van der Waals surface area contributed by atoms with E-state index in [9.17, 15) is 0 Å². The minimum absolute atomic E-state index is 0.326. The first-order chi connectivity index (χ1) is 9.02. The first-order valence-corrected chi connectivity index (χ1v) is 6.35. The number of rotatable bonds is 4. The Kier molecular flexibility index (Phi) is 3.90. The Labute approximate surface area is 116 Å². The van der Waals surface area contributed by atoms with Gasteiger partial charge >= 0.3 is 0 Å². The number of hydrogen-bond donors (Lipinski definition) is 1. The van der Waals surface area contributed by atoms with E-state index in [4.69, 9.17) is 16.3 Å². The molecule has 0 aromatic carbocycles. The lowest BCUT2D eigenvalue weighted by molar-refractivity contribution is 0.455. The van der Waals surface area contributed by atoms with Crippen LogP contribution in [0.2, 0.25) is 5.02 Å². The molecule has 2 rings (SSSR count). The Morgan fingerprint density at radius 2 is 2.16 bits per heavy atom. The second kappa shape index (κ2) is 5.44. The minimum atomic E-state index is 0.326. The Bertz CT molecular complexity index is 596. The molecule has 0 bridgehead atoms. The number of anilines is 1. The van der Waals surface area contributed by atoms with Crippen LogP contribution in [0.1, 0.15) is 18.3 Å². The van der Waals surface area contributed by atoms with Crippen LogP contribution in [0, 0.1) is 13.8 Å². The maximum absolute atomic E-state index is 6.05. The van der Waals surface area contributed by atoms with E-state index in [1.807, 2.05) is 27.8 Å². The molecule has 2 aromatic heterocycles. The Hall–Kier alpha value is -1.82. The van der Waals surface area contributed by atoms with Gasteiger partial charge in [-0.15, -0.1) is 0 Å². The van der Waals surface area contributed by atoms with Crippen molar-refractivity contribution in [3.63, 3.8) is 0 Å². The molecule has 0 radical (unpaired) electrons. The van der Waals surface area contributed by atoms with Crippen molar-refractivity contribution in [2.45, 2.75) is 20.8 Å². The summed E-state index contributed by atoms with van der Waals surface area (Å²) in [6.45, 7) is 6.50. The van der Waals surface area contributed by atoms with Crippen LogP contribution in [0.4, 0.5) is 5.95 Å². The van der Waals surface area contributed by atoms with Gasteiger partial charge in [0, 0.05) is 13.6 Å². The highest BCUT2D eigenvalue weighted by molar-refractivity contribution is 6.31. The lowest BCUT2D eigenvalue weighted by atomic mass is 10.3. The third-order valence-electron chi connectivity index (χ3n) is 2.69. The fraction of sp³-hybridized carbons (Fsp3) is 0.417. The zero-order valence-corrected chi connectivity index (χ0v) is 12.1. The normalized spacial score (nSPS) is 10.6. The van der Waals surface area contributed by atoms with Crippen LogP contribution in [-0.4, -0.2) is 26.3 Å². The summed E-state index contributed by atoms with van der Waals surface area (Å²) < 4.78 is 7.53. The van der Waals surface area contributed by atoms with Gasteiger partial charge in [0.25, 0.3) is 0 Å². The summed E-state index contributed by atoms with van der Waals surface area (Å²) in [6, 6.07) is 0. The van der Waals surface area contributed by atoms with Crippen molar-refractivity contribution >= 4 is 17.5 Å². The molecular formula is C12H16ClN5O. The Balaban J connectivity index is 2.34. The highest BCUT2D eigenvalue weighted by Gasteiger charge is 2.15. The molecule has 6 nitrogen and oxygen atoms in total. The maximum atomic E-state index is 6.05. The molecule has 2 aromatic rings. The van der Waals surface area contributed by atoms with Crippen molar-refractivity contribution in [3.05, 3.63) is 22.6 Å². The van der Waals surface area contributed by atoms with Crippen LogP contribution in [0.3, 0.4) is 0 Å². The number of nitrogens with one attached hydrogen (secondary N) is 1. The third kappa shape index (κ3) is 2.78. The largest absolute Gasteiger partial charge is 0.433 e.